The minimum Gasteiger partial charge on any atom is -0.478 e. The monoisotopic (exact) mass is 371 g/mol. The number of hydrogen-bond acceptors (Lipinski definition) is 3. The van der Waals surface area contributed by atoms with E-state index >= 15 is 0 Å². The van der Waals surface area contributed by atoms with Crippen molar-refractivity contribution in [1.82, 2.24) is 4.90 Å². The molecule has 2 spiro atoms. The van der Waals surface area contributed by atoms with Crippen LogP contribution in [0.3, 0.4) is 0 Å². The molecule has 6 nitrogen and oxygen atoms in total. The van der Waals surface area contributed by atoms with Gasteiger partial charge in [-0.1, -0.05) is 13.0 Å². The first-order valence-electron chi connectivity index (χ1n) is 10.1. The number of nitrogens with two attached hydrogens (primary N) is 1. The molecule has 6 unspecified atom stereocenters. The van der Waals surface area contributed by atoms with Gasteiger partial charge in [0.15, 0.2) is 5.96 Å². The van der Waals surface area contributed by atoms with Crippen LogP contribution in [0.5, 0.6) is 0 Å². The highest BCUT2D eigenvalue weighted by Gasteiger charge is 2.78. The van der Waals surface area contributed by atoms with Crippen LogP contribution in [0.25, 0.3) is 0 Å². The maximum atomic E-state index is 12.1. The number of carboxylic acid groups (broad SMARTS) is 1. The number of guanidine groups is 1. The molecule has 0 amide bonds. The van der Waals surface area contributed by atoms with Gasteiger partial charge < -0.3 is 20.8 Å². The van der Waals surface area contributed by atoms with Gasteiger partial charge in [-0.25, -0.2) is 4.79 Å². The Morgan fingerprint density at radius 2 is 2.11 bits per heavy atom. The molecule has 6 heteroatoms. The van der Waals surface area contributed by atoms with Crippen molar-refractivity contribution in [3.8, 4) is 0 Å². The summed E-state index contributed by atoms with van der Waals surface area (Å²) in [6.45, 7) is 2.35. The molecule has 6 atom stereocenters. The lowest BCUT2D eigenvalue weighted by Gasteiger charge is -2.69. The zero-order valence-electron chi connectivity index (χ0n) is 16.1. The molecule has 3 saturated carbocycles. The Kier molecular flexibility index (Phi) is 3.30. The Bertz CT molecular complexity index is 817. The van der Waals surface area contributed by atoms with Crippen molar-refractivity contribution in [2.24, 2.45) is 32.9 Å². The molecule has 4 bridgehead atoms. The molecule has 4 aliphatic carbocycles. The van der Waals surface area contributed by atoms with Crippen LogP contribution < -0.4 is 5.73 Å². The van der Waals surface area contributed by atoms with Gasteiger partial charge in [-0.05, 0) is 61.9 Å². The number of carbonyl (C=O) groups is 1. The highest BCUT2D eigenvalue weighted by molar-refractivity contribution is 5.90. The van der Waals surface area contributed by atoms with Gasteiger partial charge in [0.2, 0.25) is 0 Å². The number of aliphatic hydroxyl groups is 1. The van der Waals surface area contributed by atoms with Crippen molar-refractivity contribution in [3.05, 3.63) is 23.4 Å². The summed E-state index contributed by atoms with van der Waals surface area (Å²) in [6, 6.07) is 0.224. The molecular formula is C21H29N3O3. The third-order valence-corrected chi connectivity index (χ3v) is 9.07. The standard InChI is InChI=1S/C21H29N3O3/c1-19-7-4-12-10-13-16(17(26)27)14(25)11-21(13,19)20(12)6-3-9-24(18(22)23-2)15(20)5-8-19/h3,9,12,14-15,25H,4-8,10-11H2,1-2H3,(H2,22,23)(H,26,27). The lowest BCUT2D eigenvalue weighted by Crippen LogP contribution is -2.68. The summed E-state index contributed by atoms with van der Waals surface area (Å²) in [6.07, 6.45) is 10.1. The molecule has 0 aromatic rings. The average Bonchev–Trinajstić information content (AvgIpc) is 3.02. The van der Waals surface area contributed by atoms with Crippen molar-refractivity contribution >= 4 is 11.9 Å². The third kappa shape index (κ3) is 1.68. The first-order valence-corrected chi connectivity index (χ1v) is 10.1. The van der Waals surface area contributed by atoms with E-state index < -0.39 is 12.1 Å². The van der Waals surface area contributed by atoms with Crippen LogP contribution in [-0.4, -0.2) is 46.2 Å². The second-order valence-electron chi connectivity index (χ2n) is 9.50. The highest BCUT2D eigenvalue weighted by Crippen LogP contribution is 2.82. The predicted octanol–water partition coefficient (Wildman–Crippen LogP) is 2.25. The van der Waals surface area contributed by atoms with Crippen LogP contribution >= 0.6 is 0 Å². The molecule has 3 fully saturated rings. The second kappa shape index (κ2) is 5.16. The molecule has 0 radical (unpaired) electrons. The summed E-state index contributed by atoms with van der Waals surface area (Å²) in [5.74, 6) is 0.0436. The molecule has 0 saturated heterocycles. The number of rotatable bonds is 1. The Balaban J connectivity index is 1.78. The van der Waals surface area contributed by atoms with Crippen LogP contribution in [0, 0.1) is 22.2 Å². The van der Waals surface area contributed by atoms with E-state index in [-0.39, 0.29) is 22.3 Å². The number of allylic oxidation sites excluding steroid dienone is 2. The highest BCUT2D eigenvalue weighted by atomic mass is 16.4. The number of aliphatic hydroxyl groups excluding tert-OH is 1. The van der Waals surface area contributed by atoms with E-state index in [2.05, 4.69) is 29.1 Å². The Morgan fingerprint density at radius 3 is 2.81 bits per heavy atom. The van der Waals surface area contributed by atoms with Crippen molar-refractivity contribution in [2.75, 3.05) is 7.05 Å². The zero-order valence-corrected chi connectivity index (χ0v) is 16.1. The maximum Gasteiger partial charge on any atom is 0.334 e. The summed E-state index contributed by atoms with van der Waals surface area (Å²) in [5, 5.41) is 20.7. The van der Waals surface area contributed by atoms with Crippen LogP contribution in [0.2, 0.25) is 0 Å². The van der Waals surface area contributed by atoms with Gasteiger partial charge in [0.1, 0.15) is 0 Å². The minimum atomic E-state index is -0.936. The lowest BCUT2D eigenvalue weighted by molar-refractivity contribution is -0.177. The summed E-state index contributed by atoms with van der Waals surface area (Å²) in [5.41, 5.74) is 7.36. The summed E-state index contributed by atoms with van der Waals surface area (Å²) >= 11 is 0. The van der Waals surface area contributed by atoms with Crippen molar-refractivity contribution in [3.63, 3.8) is 0 Å². The van der Waals surface area contributed by atoms with E-state index in [1.165, 1.54) is 0 Å². The van der Waals surface area contributed by atoms with Gasteiger partial charge in [0, 0.05) is 30.1 Å². The quantitative estimate of drug-likeness (QED) is 0.485. The fourth-order valence-corrected chi connectivity index (χ4v) is 8.28. The first kappa shape index (κ1) is 17.3. The van der Waals surface area contributed by atoms with Gasteiger partial charge in [0.25, 0.3) is 0 Å². The maximum absolute atomic E-state index is 12.1. The van der Waals surface area contributed by atoms with Crippen LogP contribution in [-0.2, 0) is 4.79 Å². The number of hydrogen-bond donors (Lipinski definition) is 3. The fourth-order valence-electron chi connectivity index (χ4n) is 8.28. The Morgan fingerprint density at radius 1 is 1.37 bits per heavy atom. The van der Waals surface area contributed by atoms with Crippen molar-refractivity contribution in [2.45, 2.75) is 64.0 Å². The van der Waals surface area contributed by atoms with Gasteiger partial charge in [-0.3, -0.25) is 4.99 Å². The first-order chi connectivity index (χ1) is 12.8. The predicted molar refractivity (Wildman–Crippen MR) is 102 cm³/mol. The van der Waals surface area contributed by atoms with Gasteiger partial charge in [0.05, 0.1) is 11.7 Å². The summed E-state index contributed by atoms with van der Waals surface area (Å²) < 4.78 is 0. The summed E-state index contributed by atoms with van der Waals surface area (Å²) in [7, 11) is 1.72. The minimum absolute atomic E-state index is 0.0407. The van der Waals surface area contributed by atoms with Crippen LogP contribution in [0.1, 0.15) is 51.9 Å². The van der Waals surface area contributed by atoms with E-state index in [9.17, 15) is 15.0 Å². The van der Waals surface area contributed by atoms with Gasteiger partial charge >= 0.3 is 5.97 Å². The van der Waals surface area contributed by atoms with E-state index in [4.69, 9.17) is 5.73 Å². The number of aliphatic carboxylic acids is 1. The topological polar surface area (TPSA) is 99.1 Å². The molecule has 1 heterocycles. The van der Waals surface area contributed by atoms with E-state index in [0.717, 1.165) is 44.1 Å². The molecule has 1 aliphatic heterocycles. The molecule has 146 valence electrons. The SMILES string of the molecule is CN=C(N)N1C=CCC23C4CCC(C)(CCC12)C31CC(O)C(C(=O)O)=C1C4. The fraction of sp³-hybridized carbons (Fsp3) is 0.714. The van der Waals surface area contributed by atoms with Crippen LogP contribution in [0.4, 0.5) is 0 Å². The molecule has 4 N–H and O–H groups in total. The zero-order chi connectivity index (χ0) is 19.2. The van der Waals surface area contributed by atoms with E-state index in [1.807, 2.05) is 0 Å². The number of aliphatic imine (C=N–C) groups is 1. The molecule has 0 aromatic carbocycles. The molecule has 0 aromatic heterocycles. The van der Waals surface area contributed by atoms with Gasteiger partial charge in [-0.15, -0.1) is 0 Å². The normalized spacial score (nSPS) is 47.9. The summed E-state index contributed by atoms with van der Waals surface area (Å²) in [4.78, 5) is 18.4. The Labute approximate surface area is 159 Å². The second-order valence-corrected chi connectivity index (χ2v) is 9.50. The average molecular weight is 371 g/mol. The molecular weight excluding hydrogens is 342 g/mol. The van der Waals surface area contributed by atoms with Crippen LogP contribution in [0.15, 0.2) is 28.4 Å². The number of nitrogens with zero attached hydrogens (tertiary/aromatic N) is 2. The van der Waals surface area contributed by atoms with Crippen molar-refractivity contribution < 1.29 is 15.0 Å². The third-order valence-electron chi connectivity index (χ3n) is 9.07. The molecule has 5 rings (SSSR count). The van der Waals surface area contributed by atoms with E-state index in [1.54, 1.807) is 7.05 Å². The molecule has 5 aliphatic rings. The van der Waals surface area contributed by atoms with Gasteiger partial charge in [-0.2, -0.15) is 0 Å². The number of carboxylic acids is 1. The van der Waals surface area contributed by atoms with E-state index in [0.29, 0.717) is 23.9 Å². The Hall–Kier alpha value is -1.82. The lowest BCUT2D eigenvalue weighted by atomic mass is 9.37. The van der Waals surface area contributed by atoms with Crippen molar-refractivity contribution in [1.29, 1.82) is 0 Å². The smallest absolute Gasteiger partial charge is 0.334 e. The molecule has 27 heavy (non-hydrogen) atoms. The largest absolute Gasteiger partial charge is 0.478 e.